The fourth-order valence-corrected chi connectivity index (χ4v) is 1.69. The number of rotatable bonds is 2. The van der Waals surface area contributed by atoms with E-state index in [0.29, 0.717) is 0 Å². The van der Waals surface area contributed by atoms with E-state index in [-0.39, 0.29) is 12.4 Å². The normalized spacial score (nSPS) is 9.78. The van der Waals surface area contributed by atoms with Crippen molar-refractivity contribution < 1.29 is 17.0 Å². The Morgan fingerprint density at radius 2 is 1.50 bits per heavy atom. The fourth-order valence-electron chi connectivity index (χ4n) is 1.69. The van der Waals surface area contributed by atoms with Gasteiger partial charge in [0.05, 0.1) is 0 Å². The van der Waals surface area contributed by atoms with Gasteiger partial charge in [-0.1, -0.05) is 0 Å². The third kappa shape index (κ3) is 2.38. The summed E-state index contributed by atoms with van der Waals surface area (Å²) in [5.74, 6) is 0. The quantitative estimate of drug-likeness (QED) is 0.527. The summed E-state index contributed by atoms with van der Waals surface area (Å²) < 4.78 is 4.09. The maximum atomic E-state index is 4.01. The molecule has 0 fully saturated rings. The first-order valence-corrected chi connectivity index (χ1v) is 5.33. The summed E-state index contributed by atoms with van der Waals surface area (Å²) in [4.78, 5) is 8.01. The number of hydrogen-bond donors (Lipinski definition) is 0. The summed E-state index contributed by atoms with van der Waals surface area (Å²) in [6.45, 7) is 0. The molecule has 0 spiro atoms. The molecule has 0 unspecified atom stereocenters. The van der Waals surface area contributed by atoms with Crippen LogP contribution in [0.4, 0.5) is 0 Å². The standard InChI is InChI=1S/C13H11N4.ClH/c1-5-14-6-2-12(1)16-9-10-17(11-16)13-3-7-15-8-4-13;/h1-11H;1H/q+1;/p-1. The molecule has 3 aromatic heterocycles. The zero-order chi connectivity index (χ0) is 11.5. The van der Waals surface area contributed by atoms with Crippen LogP contribution in [0.5, 0.6) is 0 Å². The van der Waals surface area contributed by atoms with Crippen molar-refractivity contribution in [3.8, 4) is 11.4 Å². The van der Waals surface area contributed by atoms with Crippen molar-refractivity contribution in [2.24, 2.45) is 0 Å². The highest BCUT2D eigenvalue weighted by atomic mass is 35.5. The zero-order valence-corrected chi connectivity index (χ0v) is 10.3. The Kier molecular flexibility index (Phi) is 3.69. The van der Waals surface area contributed by atoms with Gasteiger partial charge in [-0.3, -0.25) is 9.97 Å². The summed E-state index contributed by atoms with van der Waals surface area (Å²) in [6.07, 6.45) is 13.2. The number of pyridine rings is 2. The van der Waals surface area contributed by atoms with Gasteiger partial charge < -0.3 is 12.4 Å². The number of aromatic nitrogens is 4. The second kappa shape index (κ2) is 5.42. The minimum Gasteiger partial charge on any atom is -1.00 e. The molecular weight excluding hydrogens is 248 g/mol. The summed E-state index contributed by atoms with van der Waals surface area (Å²) >= 11 is 0. The van der Waals surface area contributed by atoms with E-state index in [0.717, 1.165) is 11.4 Å². The van der Waals surface area contributed by atoms with Gasteiger partial charge in [0.25, 0.3) is 6.33 Å². The van der Waals surface area contributed by atoms with Gasteiger partial charge in [0.1, 0.15) is 23.8 Å². The molecule has 3 rings (SSSR count). The Morgan fingerprint density at radius 1 is 0.889 bits per heavy atom. The van der Waals surface area contributed by atoms with Crippen LogP contribution in [0.25, 0.3) is 11.4 Å². The molecule has 0 aromatic carbocycles. The van der Waals surface area contributed by atoms with Crippen LogP contribution >= 0.6 is 0 Å². The number of imidazole rings is 1. The highest BCUT2D eigenvalue weighted by Gasteiger charge is 2.07. The van der Waals surface area contributed by atoms with E-state index < -0.39 is 0 Å². The third-order valence-electron chi connectivity index (χ3n) is 2.56. The van der Waals surface area contributed by atoms with E-state index in [2.05, 4.69) is 9.97 Å². The largest absolute Gasteiger partial charge is 1.00 e. The lowest BCUT2D eigenvalue weighted by Gasteiger charge is -1.94. The van der Waals surface area contributed by atoms with E-state index in [1.807, 2.05) is 52.1 Å². The van der Waals surface area contributed by atoms with Crippen LogP contribution in [0.3, 0.4) is 0 Å². The Hall–Kier alpha value is -2.20. The van der Waals surface area contributed by atoms with Crippen LogP contribution in [0, 0.1) is 0 Å². The molecule has 3 aromatic rings. The topological polar surface area (TPSA) is 34.6 Å². The Labute approximate surface area is 111 Å². The highest BCUT2D eigenvalue weighted by Crippen LogP contribution is 2.04. The van der Waals surface area contributed by atoms with Gasteiger partial charge in [0.15, 0.2) is 0 Å². The highest BCUT2D eigenvalue weighted by molar-refractivity contribution is 5.28. The molecule has 0 amide bonds. The molecule has 0 radical (unpaired) electrons. The fraction of sp³-hybridized carbons (Fsp3) is 0. The second-order valence-electron chi connectivity index (χ2n) is 3.64. The van der Waals surface area contributed by atoms with Crippen molar-refractivity contribution in [3.05, 3.63) is 67.8 Å². The predicted molar refractivity (Wildman–Crippen MR) is 62.9 cm³/mol. The molecule has 0 aliphatic carbocycles. The van der Waals surface area contributed by atoms with Crippen LogP contribution < -0.4 is 17.0 Å². The maximum absolute atomic E-state index is 4.01. The van der Waals surface area contributed by atoms with Crippen LogP contribution in [0.1, 0.15) is 0 Å². The van der Waals surface area contributed by atoms with Gasteiger partial charge in [0.2, 0.25) is 0 Å². The lowest BCUT2D eigenvalue weighted by molar-refractivity contribution is -0.594. The van der Waals surface area contributed by atoms with Crippen molar-refractivity contribution >= 4 is 0 Å². The van der Waals surface area contributed by atoms with Crippen molar-refractivity contribution in [1.29, 1.82) is 0 Å². The van der Waals surface area contributed by atoms with Crippen LogP contribution in [-0.2, 0) is 0 Å². The van der Waals surface area contributed by atoms with Gasteiger partial charge in [-0.25, -0.2) is 9.13 Å². The number of hydrogen-bond acceptors (Lipinski definition) is 2. The van der Waals surface area contributed by atoms with Gasteiger partial charge >= 0.3 is 0 Å². The lowest BCUT2D eigenvalue weighted by atomic mass is 10.4. The predicted octanol–water partition coefficient (Wildman–Crippen LogP) is -1.45. The molecule has 3 heterocycles. The molecule has 0 atom stereocenters. The minimum absolute atomic E-state index is 0. The Morgan fingerprint density at radius 3 is 2.17 bits per heavy atom. The monoisotopic (exact) mass is 258 g/mol. The smallest absolute Gasteiger partial charge is 0.254 e. The Bertz CT molecular complexity index is 553. The minimum atomic E-state index is 0. The second-order valence-corrected chi connectivity index (χ2v) is 3.64. The first-order valence-electron chi connectivity index (χ1n) is 5.33. The van der Waals surface area contributed by atoms with E-state index in [9.17, 15) is 0 Å². The van der Waals surface area contributed by atoms with E-state index in [1.54, 1.807) is 24.8 Å². The molecule has 0 N–H and O–H groups in total. The van der Waals surface area contributed by atoms with Crippen molar-refractivity contribution in [3.63, 3.8) is 0 Å². The van der Waals surface area contributed by atoms with E-state index in [4.69, 9.17) is 0 Å². The van der Waals surface area contributed by atoms with Crippen molar-refractivity contribution in [2.75, 3.05) is 0 Å². The molecular formula is C13H11ClN4. The van der Waals surface area contributed by atoms with Gasteiger partial charge in [0, 0.05) is 49.1 Å². The zero-order valence-electron chi connectivity index (χ0n) is 9.52. The molecule has 18 heavy (non-hydrogen) atoms. The van der Waals surface area contributed by atoms with Crippen molar-refractivity contribution in [2.45, 2.75) is 0 Å². The van der Waals surface area contributed by atoms with Crippen LogP contribution in [0.15, 0.2) is 67.8 Å². The van der Waals surface area contributed by atoms with Gasteiger partial charge in [-0.05, 0) is 0 Å². The molecule has 0 saturated heterocycles. The summed E-state index contributed by atoms with van der Waals surface area (Å²) in [7, 11) is 0. The molecule has 0 aliphatic rings. The SMILES string of the molecule is [Cl-].c1cc(-n2cc[n+](-c3ccncc3)c2)ccn1. The first-order chi connectivity index (χ1) is 8.43. The summed E-state index contributed by atoms with van der Waals surface area (Å²) in [6, 6.07) is 7.88. The van der Waals surface area contributed by atoms with Crippen LogP contribution in [-0.4, -0.2) is 14.5 Å². The number of nitrogens with zero attached hydrogens (tertiary/aromatic N) is 4. The number of halogens is 1. The maximum Gasteiger partial charge on any atom is 0.254 e. The molecule has 0 aliphatic heterocycles. The molecule has 4 nitrogen and oxygen atoms in total. The third-order valence-corrected chi connectivity index (χ3v) is 2.56. The van der Waals surface area contributed by atoms with E-state index in [1.165, 1.54) is 0 Å². The Balaban J connectivity index is 0.00000120. The average Bonchev–Trinajstić information content (AvgIpc) is 2.90. The van der Waals surface area contributed by atoms with Crippen molar-refractivity contribution in [1.82, 2.24) is 14.5 Å². The van der Waals surface area contributed by atoms with Crippen LogP contribution in [0.2, 0.25) is 0 Å². The molecule has 0 saturated carbocycles. The van der Waals surface area contributed by atoms with E-state index >= 15 is 0 Å². The average molecular weight is 259 g/mol. The van der Waals surface area contributed by atoms with Gasteiger partial charge in [-0.15, -0.1) is 0 Å². The first kappa shape index (κ1) is 12.3. The van der Waals surface area contributed by atoms with Gasteiger partial charge in [-0.2, -0.15) is 0 Å². The molecule has 90 valence electrons. The lowest BCUT2D eigenvalue weighted by Crippen LogP contribution is -3.00. The summed E-state index contributed by atoms with van der Waals surface area (Å²) in [5, 5.41) is 0. The molecule has 0 bridgehead atoms. The summed E-state index contributed by atoms with van der Waals surface area (Å²) in [5.41, 5.74) is 2.18. The molecule has 5 heteroatoms.